The second-order valence-electron chi connectivity index (χ2n) is 5.34. The highest BCUT2D eigenvalue weighted by molar-refractivity contribution is 7.99. The molecular formula is C14H19N3OS2. The summed E-state index contributed by atoms with van der Waals surface area (Å²) in [4.78, 5) is 21.6. The van der Waals surface area contributed by atoms with Gasteiger partial charge in [-0.1, -0.05) is 0 Å². The molecule has 1 aliphatic heterocycles. The molecular weight excluding hydrogens is 290 g/mol. The molecule has 0 radical (unpaired) electrons. The maximum absolute atomic E-state index is 12.1. The monoisotopic (exact) mass is 309 g/mol. The molecule has 2 N–H and O–H groups in total. The van der Waals surface area contributed by atoms with Gasteiger partial charge in [0, 0.05) is 4.88 Å². The lowest BCUT2D eigenvalue weighted by Crippen LogP contribution is -2.24. The molecule has 1 fully saturated rings. The number of aromatic nitrogens is 2. The Labute approximate surface area is 126 Å². The molecule has 1 unspecified atom stereocenters. The van der Waals surface area contributed by atoms with Crippen LogP contribution in [0.15, 0.2) is 4.79 Å². The Morgan fingerprint density at radius 1 is 1.45 bits per heavy atom. The fraction of sp³-hybridized carbons (Fsp3) is 0.571. The van der Waals surface area contributed by atoms with Gasteiger partial charge in [-0.2, -0.15) is 11.8 Å². The summed E-state index contributed by atoms with van der Waals surface area (Å²) in [5.41, 5.74) is 1.05. The maximum atomic E-state index is 12.1. The number of hydrogen-bond acceptors (Lipinski definition) is 5. The maximum Gasteiger partial charge on any atom is 0.259 e. The number of rotatable bonds is 4. The number of aromatic amines is 1. The first kappa shape index (κ1) is 14.1. The molecule has 1 saturated heterocycles. The van der Waals surface area contributed by atoms with Gasteiger partial charge in [-0.05, 0) is 49.8 Å². The van der Waals surface area contributed by atoms with E-state index in [1.54, 1.807) is 11.3 Å². The smallest absolute Gasteiger partial charge is 0.259 e. The lowest BCUT2D eigenvalue weighted by atomic mass is 10.1. The van der Waals surface area contributed by atoms with Crippen molar-refractivity contribution in [1.29, 1.82) is 0 Å². The van der Waals surface area contributed by atoms with E-state index in [0.717, 1.165) is 34.1 Å². The second-order valence-corrected chi connectivity index (χ2v) is 7.69. The van der Waals surface area contributed by atoms with E-state index in [1.165, 1.54) is 22.8 Å². The summed E-state index contributed by atoms with van der Waals surface area (Å²) in [6.45, 7) is 5.68. The first-order valence-electron chi connectivity index (χ1n) is 6.92. The summed E-state index contributed by atoms with van der Waals surface area (Å²) in [7, 11) is 0. The van der Waals surface area contributed by atoms with E-state index in [2.05, 4.69) is 15.3 Å². The zero-order valence-corrected chi connectivity index (χ0v) is 13.4. The highest BCUT2D eigenvalue weighted by atomic mass is 32.2. The van der Waals surface area contributed by atoms with Crippen molar-refractivity contribution in [3.05, 3.63) is 26.6 Å². The van der Waals surface area contributed by atoms with E-state index in [9.17, 15) is 4.79 Å². The lowest BCUT2D eigenvalue weighted by molar-refractivity contribution is 0.516. The van der Waals surface area contributed by atoms with Crippen molar-refractivity contribution in [2.45, 2.75) is 26.8 Å². The molecule has 0 spiro atoms. The van der Waals surface area contributed by atoms with Gasteiger partial charge >= 0.3 is 0 Å². The molecule has 2 aromatic rings. The molecule has 1 atom stereocenters. The second kappa shape index (κ2) is 5.87. The normalized spacial score (nSPS) is 19.0. The van der Waals surface area contributed by atoms with Crippen LogP contribution < -0.4 is 10.9 Å². The number of thiophene rings is 1. The number of nitrogens with zero attached hydrogens (tertiary/aromatic N) is 1. The summed E-state index contributed by atoms with van der Waals surface area (Å²) in [6.07, 6.45) is 1.30. The molecule has 0 bridgehead atoms. The average Bonchev–Trinajstić information content (AvgIpc) is 2.99. The summed E-state index contributed by atoms with van der Waals surface area (Å²) in [5.74, 6) is 4.04. The predicted molar refractivity (Wildman–Crippen MR) is 86.9 cm³/mol. The number of aryl methyl sites for hydroxylation is 2. The zero-order valence-electron chi connectivity index (χ0n) is 11.8. The van der Waals surface area contributed by atoms with E-state index in [1.807, 2.05) is 25.6 Å². The zero-order chi connectivity index (χ0) is 14.1. The summed E-state index contributed by atoms with van der Waals surface area (Å²) in [5, 5.41) is 4.17. The van der Waals surface area contributed by atoms with Gasteiger partial charge < -0.3 is 10.3 Å². The quantitative estimate of drug-likeness (QED) is 0.911. The Morgan fingerprint density at radius 2 is 2.30 bits per heavy atom. The molecule has 4 nitrogen and oxygen atoms in total. The van der Waals surface area contributed by atoms with E-state index >= 15 is 0 Å². The molecule has 108 valence electrons. The number of hydrogen-bond donors (Lipinski definition) is 2. The number of nitrogens with one attached hydrogen (secondary N) is 2. The topological polar surface area (TPSA) is 57.8 Å². The fourth-order valence-corrected chi connectivity index (χ4v) is 4.86. The molecule has 3 rings (SSSR count). The minimum absolute atomic E-state index is 0.00919. The highest BCUT2D eigenvalue weighted by Crippen LogP contribution is 2.25. The minimum Gasteiger partial charge on any atom is -0.310 e. The van der Waals surface area contributed by atoms with Crippen LogP contribution in [0.25, 0.3) is 10.2 Å². The van der Waals surface area contributed by atoms with Crippen molar-refractivity contribution in [3.8, 4) is 0 Å². The van der Waals surface area contributed by atoms with Gasteiger partial charge in [-0.15, -0.1) is 11.3 Å². The molecule has 0 aliphatic carbocycles. The van der Waals surface area contributed by atoms with Crippen molar-refractivity contribution in [2.75, 3.05) is 18.1 Å². The van der Waals surface area contributed by atoms with Crippen LogP contribution in [0.1, 0.15) is 22.7 Å². The highest BCUT2D eigenvalue weighted by Gasteiger charge is 2.15. The van der Waals surface area contributed by atoms with Crippen LogP contribution in [-0.2, 0) is 6.54 Å². The molecule has 0 amide bonds. The summed E-state index contributed by atoms with van der Waals surface area (Å²) < 4.78 is 0. The summed E-state index contributed by atoms with van der Waals surface area (Å²) >= 11 is 3.63. The Morgan fingerprint density at radius 3 is 3.05 bits per heavy atom. The van der Waals surface area contributed by atoms with Gasteiger partial charge in [0.1, 0.15) is 10.7 Å². The van der Waals surface area contributed by atoms with Crippen molar-refractivity contribution in [1.82, 2.24) is 15.3 Å². The summed E-state index contributed by atoms with van der Waals surface area (Å²) in [6, 6.07) is 0. The third kappa shape index (κ3) is 2.77. The molecule has 20 heavy (non-hydrogen) atoms. The van der Waals surface area contributed by atoms with Crippen LogP contribution in [0.4, 0.5) is 0 Å². The number of H-pyrrole nitrogens is 1. The van der Waals surface area contributed by atoms with Crippen LogP contribution in [0, 0.1) is 19.8 Å². The van der Waals surface area contributed by atoms with E-state index in [-0.39, 0.29) is 5.56 Å². The Hall–Kier alpha value is -0.850. The van der Waals surface area contributed by atoms with Gasteiger partial charge in [0.05, 0.1) is 11.9 Å². The van der Waals surface area contributed by atoms with Crippen LogP contribution in [0.3, 0.4) is 0 Å². The van der Waals surface area contributed by atoms with Crippen LogP contribution in [0.2, 0.25) is 0 Å². The molecule has 0 saturated carbocycles. The van der Waals surface area contributed by atoms with Gasteiger partial charge in [-0.3, -0.25) is 4.79 Å². The van der Waals surface area contributed by atoms with Crippen molar-refractivity contribution in [2.24, 2.45) is 5.92 Å². The Bertz CT molecular complexity index is 671. The Kier molecular flexibility index (Phi) is 4.14. The average molecular weight is 309 g/mol. The van der Waals surface area contributed by atoms with E-state index < -0.39 is 0 Å². The van der Waals surface area contributed by atoms with Crippen LogP contribution >= 0.6 is 23.1 Å². The number of fused-ring (bicyclic) bond motifs is 1. The lowest BCUT2D eigenvalue weighted by Gasteiger charge is -2.09. The first-order chi connectivity index (χ1) is 9.65. The van der Waals surface area contributed by atoms with E-state index in [4.69, 9.17) is 0 Å². The standard InChI is InChI=1S/C14H19N3OS2/c1-8-9(2)20-14-12(8)13(18)16-11(17-14)6-15-5-10-3-4-19-7-10/h10,15H,3-7H2,1-2H3,(H,16,17,18). The van der Waals surface area contributed by atoms with Crippen molar-refractivity contribution < 1.29 is 0 Å². The minimum atomic E-state index is -0.00919. The third-order valence-electron chi connectivity index (χ3n) is 3.84. The molecule has 1 aliphatic rings. The molecule has 2 aromatic heterocycles. The van der Waals surface area contributed by atoms with Gasteiger partial charge in [-0.25, -0.2) is 4.98 Å². The van der Waals surface area contributed by atoms with Crippen molar-refractivity contribution >= 4 is 33.3 Å². The van der Waals surface area contributed by atoms with Gasteiger partial charge in [0.2, 0.25) is 0 Å². The van der Waals surface area contributed by atoms with Crippen molar-refractivity contribution in [3.63, 3.8) is 0 Å². The molecule has 3 heterocycles. The van der Waals surface area contributed by atoms with Gasteiger partial charge in [0.15, 0.2) is 0 Å². The number of thioether (sulfide) groups is 1. The molecule has 0 aromatic carbocycles. The predicted octanol–water partition coefficient (Wildman–Crippen LogP) is 2.44. The van der Waals surface area contributed by atoms with E-state index in [0.29, 0.717) is 6.54 Å². The SMILES string of the molecule is Cc1sc2nc(CNCC3CCSC3)[nH]c(=O)c2c1C. The molecule has 6 heteroatoms. The Balaban J connectivity index is 1.73. The fourth-order valence-electron chi connectivity index (χ4n) is 2.52. The third-order valence-corrected chi connectivity index (χ3v) is 6.17. The first-order valence-corrected chi connectivity index (χ1v) is 8.89. The largest absolute Gasteiger partial charge is 0.310 e. The van der Waals surface area contributed by atoms with Gasteiger partial charge in [0.25, 0.3) is 5.56 Å². The van der Waals surface area contributed by atoms with Crippen LogP contribution in [0.5, 0.6) is 0 Å². The van der Waals surface area contributed by atoms with Crippen LogP contribution in [-0.4, -0.2) is 28.0 Å².